The topological polar surface area (TPSA) is 15.3 Å². The van der Waals surface area contributed by atoms with Crippen LogP contribution in [0.1, 0.15) is 65.7 Å². The zero-order valence-electron chi connectivity index (χ0n) is 12.8. The van der Waals surface area contributed by atoms with Gasteiger partial charge in [-0.1, -0.05) is 20.8 Å². The van der Waals surface area contributed by atoms with Gasteiger partial charge in [-0.15, -0.1) is 0 Å². The average Bonchev–Trinajstić information content (AvgIpc) is 2.27. The van der Waals surface area contributed by atoms with E-state index in [4.69, 9.17) is 0 Å². The van der Waals surface area contributed by atoms with E-state index in [2.05, 4.69) is 38.0 Å². The molecule has 1 spiro atoms. The minimum atomic E-state index is 0.652. The highest BCUT2D eigenvalue weighted by molar-refractivity contribution is 5.01. The van der Waals surface area contributed by atoms with Gasteiger partial charge in [0.1, 0.15) is 0 Å². The Kier molecular flexibility index (Phi) is 4.71. The second-order valence-electron chi connectivity index (χ2n) is 7.14. The van der Waals surface area contributed by atoms with E-state index in [1.165, 1.54) is 51.5 Å². The molecule has 0 heterocycles. The van der Waals surface area contributed by atoms with Crippen LogP contribution in [-0.4, -0.2) is 36.6 Å². The van der Waals surface area contributed by atoms with Gasteiger partial charge in [0.25, 0.3) is 0 Å². The van der Waals surface area contributed by atoms with E-state index in [-0.39, 0.29) is 0 Å². The van der Waals surface area contributed by atoms with Crippen molar-refractivity contribution in [3.8, 4) is 0 Å². The van der Waals surface area contributed by atoms with Gasteiger partial charge in [0.05, 0.1) is 0 Å². The van der Waals surface area contributed by atoms with E-state index in [0.29, 0.717) is 6.04 Å². The molecule has 0 aliphatic heterocycles. The third-order valence-corrected chi connectivity index (χ3v) is 5.14. The van der Waals surface area contributed by atoms with Crippen molar-refractivity contribution in [3.05, 3.63) is 0 Å². The van der Waals surface area contributed by atoms with Gasteiger partial charge in [-0.2, -0.15) is 0 Å². The van der Waals surface area contributed by atoms with E-state index in [1.807, 2.05) is 0 Å². The van der Waals surface area contributed by atoms with Crippen LogP contribution in [0.2, 0.25) is 0 Å². The fraction of sp³-hybridized carbons (Fsp3) is 1.00. The Hall–Kier alpha value is -0.0800. The Balaban J connectivity index is 1.72. The molecule has 0 atom stereocenters. The zero-order chi connectivity index (χ0) is 13.2. The third-order valence-electron chi connectivity index (χ3n) is 5.14. The number of nitrogens with zero attached hydrogens (tertiary/aromatic N) is 1. The van der Waals surface area contributed by atoms with Crippen LogP contribution in [0.15, 0.2) is 0 Å². The third kappa shape index (κ3) is 3.27. The smallest absolute Gasteiger partial charge is 0.00926 e. The van der Waals surface area contributed by atoms with Gasteiger partial charge >= 0.3 is 0 Å². The fourth-order valence-corrected chi connectivity index (χ4v) is 4.17. The molecule has 106 valence electrons. The molecule has 0 amide bonds. The SMILES string of the molecule is CCCN(C)C1CCC2(CC1)CC(NC(C)C)C2. The molecular weight excluding hydrogens is 220 g/mol. The zero-order valence-corrected chi connectivity index (χ0v) is 12.8. The first kappa shape index (κ1) is 14.3. The molecule has 0 aromatic rings. The van der Waals surface area contributed by atoms with E-state index in [0.717, 1.165) is 17.5 Å². The van der Waals surface area contributed by atoms with Gasteiger partial charge in [-0.25, -0.2) is 0 Å². The lowest BCUT2D eigenvalue weighted by Crippen LogP contribution is -2.53. The first-order valence-electron chi connectivity index (χ1n) is 8.01. The maximum absolute atomic E-state index is 3.69. The first-order valence-corrected chi connectivity index (χ1v) is 8.01. The molecule has 2 rings (SSSR count). The average molecular weight is 252 g/mol. The Morgan fingerprint density at radius 2 is 1.83 bits per heavy atom. The Labute approximate surface area is 114 Å². The summed E-state index contributed by atoms with van der Waals surface area (Å²) in [4.78, 5) is 2.59. The fourth-order valence-electron chi connectivity index (χ4n) is 4.17. The Morgan fingerprint density at radius 1 is 1.22 bits per heavy atom. The quantitative estimate of drug-likeness (QED) is 0.806. The summed E-state index contributed by atoms with van der Waals surface area (Å²) in [6.07, 6.45) is 9.99. The van der Waals surface area contributed by atoms with Gasteiger partial charge in [-0.3, -0.25) is 0 Å². The molecule has 18 heavy (non-hydrogen) atoms. The number of rotatable bonds is 5. The van der Waals surface area contributed by atoms with Crippen LogP contribution >= 0.6 is 0 Å². The molecule has 2 saturated carbocycles. The summed E-state index contributed by atoms with van der Waals surface area (Å²) in [6, 6.07) is 2.34. The highest BCUT2D eigenvalue weighted by Gasteiger charge is 2.46. The van der Waals surface area contributed by atoms with Crippen LogP contribution in [0, 0.1) is 5.41 Å². The summed E-state index contributed by atoms with van der Waals surface area (Å²) in [5, 5.41) is 3.69. The summed E-state index contributed by atoms with van der Waals surface area (Å²) in [5.41, 5.74) is 0.732. The van der Waals surface area contributed by atoms with Gasteiger partial charge in [0.15, 0.2) is 0 Å². The predicted octanol–water partition coefficient (Wildman–Crippen LogP) is 3.42. The molecule has 2 aliphatic rings. The van der Waals surface area contributed by atoms with Gasteiger partial charge in [0, 0.05) is 18.1 Å². The van der Waals surface area contributed by atoms with E-state index in [1.54, 1.807) is 0 Å². The second-order valence-corrected chi connectivity index (χ2v) is 7.14. The van der Waals surface area contributed by atoms with E-state index >= 15 is 0 Å². The van der Waals surface area contributed by atoms with Gasteiger partial charge in [0.2, 0.25) is 0 Å². The Bertz CT molecular complexity index is 246. The molecule has 0 bridgehead atoms. The normalized spacial score (nSPS) is 36.3. The van der Waals surface area contributed by atoms with Crippen molar-refractivity contribution in [2.75, 3.05) is 13.6 Å². The molecule has 2 nitrogen and oxygen atoms in total. The van der Waals surface area contributed by atoms with Crippen LogP contribution in [0.4, 0.5) is 0 Å². The minimum Gasteiger partial charge on any atom is -0.312 e. The largest absolute Gasteiger partial charge is 0.312 e. The lowest BCUT2D eigenvalue weighted by Gasteiger charge is -2.53. The number of nitrogens with one attached hydrogen (secondary N) is 1. The molecule has 2 fully saturated rings. The summed E-state index contributed by atoms with van der Waals surface area (Å²) in [5.74, 6) is 0. The molecule has 0 radical (unpaired) electrons. The summed E-state index contributed by atoms with van der Waals surface area (Å²) >= 11 is 0. The molecule has 0 aromatic heterocycles. The summed E-state index contributed by atoms with van der Waals surface area (Å²) in [7, 11) is 2.32. The predicted molar refractivity (Wildman–Crippen MR) is 78.9 cm³/mol. The highest BCUT2D eigenvalue weighted by atomic mass is 15.1. The number of hydrogen-bond acceptors (Lipinski definition) is 2. The van der Waals surface area contributed by atoms with Crippen molar-refractivity contribution in [2.45, 2.75) is 83.8 Å². The van der Waals surface area contributed by atoms with Gasteiger partial charge < -0.3 is 10.2 Å². The van der Waals surface area contributed by atoms with Crippen molar-refractivity contribution < 1.29 is 0 Å². The van der Waals surface area contributed by atoms with Crippen LogP contribution in [0.3, 0.4) is 0 Å². The van der Waals surface area contributed by atoms with E-state index in [9.17, 15) is 0 Å². The van der Waals surface area contributed by atoms with Crippen molar-refractivity contribution in [1.82, 2.24) is 10.2 Å². The number of hydrogen-bond donors (Lipinski definition) is 1. The van der Waals surface area contributed by atoms with E-state index < -0.39 is 0 Å². The summed E-state index contributed by atoms with van der Waals surface area (Å²) < 4.78 is 0. The standard InChI is InChI=1S/C16H32N2/c1-5-10-18(4)15-6-8-16(9-7-15)11-14(12-16)17-13(2)3/h13-15,17H,5-12H2,1-4H3. The van der Waals surface area contributed by atoms with Crippen LogP contribution < -0.4 is 5.32 Å². The first-order chi connectivity index (χ1) is 8.54. The maximum Gasteiger partial charge on any atom is 0.00926 e. The molecular formula is C16H32N2. The Morgan fingerprint density at radius 3 is 2.33 bits per heavy atom. The van der Waals surface area contributed by atoms with Crippen molar-refractivity contribution >= 4 is 0 Å². The lowest BCUT2D eigenvalue weighted by atomic mass is 9.57. The highest BCUT2D eigenvalue weighted by Crippen LogP contribution is 2.52. The van der Waals surface area contributed by atoms with Crippen LogP contribution in [-0.2, 0) is 0 Å². The second kappa shape index (κ2) is 5.92. The molecule has 1 N–H and O–H groups in total. The molecule has 0 unspecified atom stereocenters. The molecule has 2 aliphatic carbocycles. The minimum absolute atomic E-state index is 0.652. The van der Waals surface area contributed by atoms with Crippen LogP contribution in [0.5, 0.6) is 0 Å². The molecule has 2 heteroatoms. The lowest BCUT2D eigenvalue weighted by molar-refractivity contribution is 0.00814. The maximum atomic E-state index is 3.69. The van der Waals surface area contributed by atoms with Crippen LogP contribution in [0.25, 0.3) is 0 Å². The van der Waals surface area contributed by atoms with Gasteiger partial charge in [-0.05, 0) is 64.0 Å². The van der Waals surface area contributed by atoms with Crippen molar-refractivity contribution in [3.63, 3.8) is 0 Å². The van der Waals surface area contributed by atoms with Crippen molar-refractivity contribution in [1.29, 1.82) is 0 Å². The molecule has 0 aromatic carbocycles. The monoisotopic (exact) mass is 252 g/mol. The molecule has 0 saturated heterocycles. The summed E-state index contributed by atoms with van der Waals surface area (Å²) in [6.45, 7) is 8.09. The van der Waals surface area contributed by atoms with Crippen molar-refractivity contribution in [2.24, 2.45) is 5.41 Å².